The van der Waals surface area contributed by atoms with E-state index in [1.807, 2.05) is 0 Å². The summed E-state index contributed by atoms with van der Waals surface area (Å²) in [5, 5.41) is 9.38. The van der Waals surface area contributed by atoms with Gasteiger partial charge in [0.2, 0.25) is 0 Å². The first-order valence-corrected chi connectivity index (χ1v) is 10.1. The molecule has 0 aromatic carbocycles. The number of Topliss-reactive ketones (excluding diaryl/α,β-unsaturated/α-hetero) is 1. The number of hydrogen-bond donors (Lipinski definition) is 1. The highest BCUT2D eigenvalue weighted by molar-refractivity contribution is 5.83. The molecule has 0 aromatic rings. The van der Waals surface area contributed by atoms with Crippen LogP contribution in [0.5, 0.6) is 0 Å². The van der Waals surface area contributed by atoms with E-state index < -0.39 is 0 Å². The Morgan fingerprint density at radius 1 is 0.913 bits per heavy atom. The third-order valence-electron chi connectivity index (χ3n) is 9.13. The number of hydrogen-bond acceptors (Lipinski definition) is 2. The topological polar surface area (TPSA) is 37.3 Å². The highest BCUT2D eigenvalue weighted by Gasteiger charge is 2.60. The van der Waals surface area contributed by atoms with E-state index in [9.17, 15) is 9.90 Å². The Morgan fingerprint density at radius 2 is 1.70 bits per heavy atom. The van der Waals surface area contributed by atoms with Gasteiger partial charge in [0.05, 0.1) is 0 Å². The molecule has 0 aliphatic heterocycles. The zero-order chi connectivity index (χ0) is 16.2. The molecule has 4 saturated carbocycles. The maximum Gasteiger partial charge on any atom is 0.161 e. The monoisotopic (exact) mass is 318 g/mol. The van der Waals surface area contributed by atoms with Crippen LogP contribution in [-0.2, 0) is 4.79 Å². The Balaban J connectivity index is 1.61. The Morgan fingerprint density at radius 3 is 2.48 bits per heavy atom. The normalized spacial score (nSPS) is 52.4. The van der Waals surface area contributed by atoms with Gasteiger partial charge in [0, 0.05) is 5.92 Å². The highest BCUT2D eigenvalue weighted by Crippen LogP contribution is 2.67. The number of aliphatic hydroxyl groups excluding tert-OH is 1. The molecule has 23 heavy (non-hydrogen) atoms. The zero-order valence-corrected chi connectivity index (χ0v) is 15.0. The van der Waals surface area contributed by atoms with Crippen LogP contribution in [0.15, 0.2) is 0 Å². The predicted molar refractivity (Wildman–Crippen MR) is 91.9 cm³/mol. The first-order chi connectivity index (χ1) is 11.0. The molecule has 4 rings (SSSR count). The number of fused-ring (bicyclic) bond motifs is 5. The third-order valence-corrected chi connectivity index (χ3v) is 9.13. The zero-order valence-electron chi connectivity index (χ0n) is 15.0. The molecule has 0 bridgehead atoms. The summed E-state index contributed by atoms with van der Waals surface area (Å²) in [5.74, 6) is 3.72. The van der Waals surface area contributed by atoms with E-state index in [-0.39, 0.29) is 23.7 Å². The number of rotatable bonds is 2. The Labute approximate surface area is 141 Å². The standard InChI is InChI=1S/C21H34O2/c1-20-11-4-3-5-14(20)6-7-15-16-8-9-18(19(23)13-22)21(16,2)12-10-17(15)20/h14-18,22H,3-13H2,1-2H3. The molecule has 0 spiro atoms. The lowest BCUT2D eigenvalue weighted by Gasteiger charge is -2.60. The molecule has 4 fully saturated rings. The molecular formula is C21H34O2. The van der Waals surface area contributed by atoms with Gasteiger partial charge in [-0.2, -0.15) is 0 Å². The minimum absolute atomic E-state index is 0.117. The summed E-state index contributed by atoms with van der Waals surface area (Å²) in [6, 6.07) is 0. The second-order valence-corrected chi connectivity index (χ2v) is 9.70. The second kappa shape index (κ2) is 5.58. The SMILES string of the molecule is CC12CCCCC1CCC1C2CCC2(C)C(C(=O)CO)CCC12. The van der Waals surface area contributed by atoms with Crippen LogP contribution in [0.3, 0.4) is 0 Å². The van der Waals surface area contributed by atoms with Crippen LogP contribution in [0.1, 0.15) is 78.1 Å². The van der Waals surface area contributed by atoms with E-state index in [2.05, 4.69) is 13.8 Å². The van der Waals surface area contributed by atoms with Crippen molar-refractivity contribution in [3.63, 3.8) is 0 Å². The summed E-state index contributed by atoms with van der Waals surface area (Å²) in [6.07, 6.45) is 13.5. The van der Waals surface area contributed by atoms with Gasteiger partial charge in [-0.25, -0.2) is 0 Å². The van der Waals surface area contributed by atoms with Crippen molar-refractivity contribution < 1.29 is 9.90 Å². The lowest BCUT2D eigenvalue weighted by atomic mass is 9.45. The number of ketones is 1. The first kappa shape index (κ1) is 16.1. The second-order valence-electron chi connectivity index (χ2n) is 9.70. The fourth-order valence-electron chi connectivity index (χ4n) is 7.93. The summed E-state index contributed by atoms with van der Waals surface area (Å²) >= 11 is 0. The lowest BCUT2D eigenvalue weighted by Crippen LogP contribution is -2.53. The molecule has 2 nitrogen and oxygen atoms in total. The molecule has 4 aliphatic carbocycles. The fraction of sp³-hybridized carbons (Fsp3) is 0.952. The van der Waals surface area contributed by atoms with E-state index in [1.54, 1.807) is 0 Å². The summed E-state index contributed by atoms with van der Waals surface area (Å²) in [7, 11) is 0. The summed E-state index contributed by atoms with van der Waals surface area (Å²) in [6.45, 7) is 4.75. The molecule has 4 aliphatic rings. The van der Waals surface area contributed by atoms with E-state index in [4.69, 9.17) is 0 Å². The fourth-order valence-corrected chi connectivity index (χ4v) is 7.93. The van der Waals surface area contributed by atoms with Crippen molar-refractivity contribution in [2.45, 2.75) is 78.1 Å². The van der Waals surface area contributed by atoms with Crippen LogP contribution in [-0.4, -0.2) is 17.5 Å². The van der Waals surface area contributed by atoms with Gasteiger partial charge in [-0.15, -0.1) is 0 Å². The molecule has 0 radical (unpaired) electrons. The number of carbonyl (C=O) groups is 1. The summed E-state index contributed by atoms with van der Waals surface area (Å²) < 4.78 is 0. The van der Waals surface area contributed by atoms with Crippen molar-refractivity contribution in [1.82, 2.24) is 0 Å². The Bertz CT molecular complexity index is 486. The number of aliphatic hydroxyl groups is 1. The largest absolute Gasteiger partial charge is 0.389 e. The molecule has 1 N–H and O–H groups in total. The smallest absolute Gasteiger partial charge is 0.161 e. The van der Waals surface area contributed by atoms with Crippen LogP contribution in [0.25, 0.3) is 0 Å². The summed E-state index contributed by atoms with van der Waals surface area (Å²) in [4.78, 5) is 12.3. The van der Waals surface area contributed by atoms with Gasteiger partial charge in [-0.3, -0.25) is 4.79 Å². The number of carbonyl (C=O) groups excluding carboxylic acids is 1. The Kier molecular flexibility index (Phi) is 3.91. The Hall–Kier alpha value is -0.370. The van der Waals surface area contributed by atoms with E-state index in [0.717, 1.165) is 30.1 Å². The summed E-state index contributed by atoms with van der Waals surface area (Å²) in [5.41, 5.74) is 0.764. The molecule has 7 unspecified atom stereocenters. The van der Waals surface area contributed by atoms with E-state index >= 15 is 0 Å². The van der Waals surface area contributed by atoms with Gasteiger partial charge in [0.25, 0.3) is 0 Å². The molecule has 0 saturated heterocycles. The van der Waals surface area contributed by atoms with Crippen molar-refractivity contribution in [1.29, 1.82) is 0 Å². The van der Waals surface area contributed by atoms with Crippen molar-refractivity contribution in [2.75, 3.05) is 6.61 Å². The molecule has 130 valence electrons. The minimum atomic E-state index is -0.249. The van der Waals surface area contributed by atoms with Crippen molar-refractivity contribution in [2.24, 2.45) is 40.4 Å². The van der Waals surface area contributed by atoms with E-state index in [0.29, 0.717) is 5.41 Å². The predicted octanol–water partition coefficient (Wildman–Crippen LogP) is 4.60. The van der Waals surface area contributed by atoms with Gasteiger partial charge in [0.1, 0.15) is 6.61 Å². The van der Waals surface area contributed by atoms with Gasteiger partial charge in [0.15, 0.2) is 5.78 Å². The highest BCUT2D eigenvalue weighted by atomic mass is 16.3. The van der Waals surface area contributed by atoms with Crippen molar-refractivity contribution in [3.05, 3.63) is 0 Å². The molecule has 0 heterocycles. The average molecular weight is 319 g/mol. The van der Waals surface area contributed by atoms with Crippen LogP contribution in [0.4, 0.5) is 0 Å². The van der Waals surface area contributed by atoms with Gasteiger partial charge < -0.3 is 5.11 Å². The van der Waals surface area contributed by atoms with Crippen LogP contribution < -0.4 is 0 Å². The van der Waals surface area contributed by atoms with Gasteiger partial charge in [-0.1, -0.05) is 26.7 Å². The van der Waals surface area contributed by atoms with Crippen LogP contribution >= 0.6 is 0 Å². The molecule has 0 aromatic heterocycles. The van der Waals surface area contributed by atoms with Gasteiger partial charge >= 0.3 is 0 Å². The lowest BCUT2D eigenvalue weighted by molar-refractivity contribution is -0.137. The van der Waals surface area contributed by atoms with Crippen molar-refractivity contribution in [3.8, 4) is 0 Å². The maximum atomic E-state index is 12.3. The van der Waals surface area contributed by atoms with Crippen LogP contribution in [0, 0.1) is 40.4 Å². The van der Waals surface area contributed by atoms with Crippen LogP contribution in [0.2, 0.25) is 0 Å². The molecular weight excluding hydrogens is 284 g/mol. The average Bonchev–Trinajstić information content (AvgIpc) is 2.91. The van der Waals surface area contributed by atoms with E-state index in [1.165, 1.54) is 57.8 Å². The molecule has 7 atom stereocenters. The first-order valence-electron chi connectivity index (χ1n) is 10.1. The molecule has 2 heteroatoms. The minimum Gasteiger partial charge on any atom is -0.389 e. The molecule has 0 amide bonds. The quantitative estimate of drug-likeness (QED) is 0.808. The van der Waals surface area contributed by atoms with Crippen molar-refractivity contribution >= 4 is 5.78 Å². The third kappa shape index (κ3) is 2.19. The van der Waals surface area contributed by atoms with Gasteiger partial charge in [-0.05, 0) is 85.9 Å². The maximum absolute atomic E-state index is 12.3.